The summed E-state index contributed by atoms with van der Waals surface area (Å²) in [5.74, 6) is -4.17. The van der Waals surface area contributed by atoms with E-state index in [1.165, 1.54) is 26.4 Å². The Morgan fingerprint density at radius 1 is 1.03 bits per heavy atom. The average Bonchev–Trinajstić information content (AvgIpc) is 2.91. The summed E-state index contributed by atoms with van der Waals surface area (Å²) in [5.41, 5.74) is 1.37. The number of nitrogens with zero attached hydrogens (tertiary/aromatic N) is 1. The molecule has 0 aromatic heterocycles. The van der Waals surface area contributed by atoms with Gasteiger partial charge < -0.3 is 24.8 Å². The molecule has 0 fully saturated rings. The third kappa shape index (κ3) is 5.84. The average molecular weight is 510 g/mol. The number of thioether (sulfide) groups is 1. The number of esters is 2. The van der Waals surface area contributed by atoms with Crippen LogP contribution in [0, 0.1) is 17.2 Å². The molecular weight excluding hydrogens is 486 g/mol. The van der Waals surface area contributed by atoms with Gasteiger partial charge in [0.05, 0.1) is 49.3 Å². The van der Waals surface area contributed by atoms with Crippen molar-refractivity contribution in [1.29, 1.82) is 5.26 Å². The molecule has 11 heteroatoms. The van der Waals surface area contributed by atoms with Crippen molar-refractivity contribution in [1.82, 2.24) is 5.32 Å². The second-order valence-electron chi connectivity index (χ2n) is 7.50. The van der Waals surface area contributed by atoms with E-state index in [1.807, 2.05) is 0 Å². The van der Waals surface area contributed by atoms with Gasteiger partial charge in [-0.25, -0.2) is 4.79 Å². The minimum absolute atomic E-state index is 0.0954. The van der Waals surface area contributed by atoms with Crippen molar-refractivity contribution >= 4 is 41.2 Å². The highest BCUT2D eigenvalue weighted by atomic mass is 32.2. The van der Waals surface area contributed by atoms with Gasteiger partial charge in [0.25, 0.3) is 0 Å². The highest BCUT2D eigenvalue weighted by molar-refractivity contribution is 8.03. The zero-order chi connectivity index (χ0) is 26.2. The summed E-state index contributed by atoms with van der Waals surface area (Å²) in [6.07, 6.45) is 0. The Balaban J connectivity index is 1.88. The van der Waals surface area contributed by atoms with E-state index < -0.39 is 29.7 Å². The van der Waals surface area contributed by atoms with Crippen LogP contribution in [0.2, 0.25) is 0 Å². The maximum absolute atomic E-state index is 12.9. The minimum atomic E-state index is -1.33. The van der Waals surface area contributed by atoms with Crippen LogP contribution in [0.5, 0.6) is 5.75 Å². The zero-order valence-electron chi connectivity index (χ0n) is 19.7. The number of anilines is 1. The fourth-order valence-corrected chi connectivity index (χ4v) is 4.48. The van der Waals surface area contributed by atoms with Crippen LogP contribution in [0.1, 0.15) is 21.8 Å². The molecule has 2 aromatic rings. The standard InChI is InChI=1S/C25H23N3O7S/c1-33-17-10-8-16(9-11-17)27-19(29)13-36-23-18(12-26)20(21(22(30)28-23)25(32)35-3)14-4-6-15(7-5-14)24(31)34-2/h4-11,20-21H,13H2,1-3H3,(H,27,29)(H,28,30)/t20-,21+/m1/s1. The molecule has 0 spiro atoms. The van der Waals surface area contributed by atoms with E-state index in [9.17, 15) is 24.4 Å². The molecule has 2 amide bonds. The van der Waals surface area contributed by atoms with Crippen LogP contribution >= 0.6 is 11.8 Å². The highest BCUT2D eigenvalue weighted by Gasteiger charge is 2.44. The predicted molar refractivity (Wildman–Crippen MR) is 131 cm³/mol. The molecule has 0 saturated heterocycles. The topological polar surface area (TPSA) is 144 Å². The van der Waals surface area contributed by atoms with Crippen LogP contribution in [-0.2, 0) is 23.9 Å². The summed E-state index contributed by atoms with van der Waals surface area (Å²) in [5, 5.41) is 15.4. The molecule has 1 heterocycles. The second-order valence-corrected chi connectivity index (χ2v) is 8.49. The molecule has 0 radical (unpaired) electrons. The third-order valence-corrected chi connectivity index (χ3v) is 6.41. The van der Waals surface area contributed by atoms with Crippen LogP contribution in [-0.4, -0.2) is 50.8 Å². The second kappa shape index (κ2) is 11.9. The van der Waals surface area contributed by atoms with Crippen molar-refractivity contribution in [2.24, 2.45) is 5.92 Å². The monoisotopic (exact) mass is 509 g/mol. The largest absolute Gasteiger partial charge is 0.497 e. The molecule has 10 nitrogen and oxygen atoms in total. The lowest BCUT2D eigenvalue weighted by Crippen LogP contribution is -2.44. The van der Waals surface area contributed by atoms with Gasteiger partial charge in [-0.1, -0.05) is 23.9 Å². The quantitative estimate of drug-likeness (QED) is 0.405. The van der Waals surface area contributed by atoms with Crippen LogP contribution in [0.25, 0.3) is 0 Å². The number of hydrogen-bond donors (Lipinski definition) is 2. The van der Waals surface area contributed by atoms with Gasteiger partial charge in [-0.15, -0.1) is 0 Å². The highest BCUT2D eigenvalue weighted by Crippen LogP contribution is 2.40. The van der Waals surface area contributed by atoms with E-state index >= 15 is 0 Å². The van der Waals surface area contributed by atoms with Gasteiger partial charge in [0.2, 0.25) is 11.8 Å². The van der Waals surface area contributed by atoms with Crippen LogP contribution in [0.3, 0.4) is 0 Å². The fraction of sp³-hybridized carbons (Fsp3) is 0.240. The Hall–Kier alpha value is -4.30. The van der Waals surface area contributed by atoms with Gasteiger partial charge in [-0.3, -0.25) is 14.4 Å². The van der Waals surface area contributed by atoms with E-state index in [0.717, 1.165) is 18.9 Å². The lowest BCUT2D eigenvalue weighted by Gasteiger charge is -2.31. The molecule has 0 bridgehead atoms. The van der Waals surface area contributed by atoms with Gasteiger partial charge in [0.15, 0.2) is 0 Å². The smallest absolute Gasteiger partial charge is 0.337 e. The Morgan fingerprint density at radius 3 is 2.25 bits per heavy atom. The Labute approximate surface area is 211 Å². The fourth-order valence-electron chi connectivity index (χ4n) is 3.63. The molecule has 36 heavy (non-hydrogen) atoms. The summed E-state index contributed by atoms with van der Waals surface area (Å²) >= 11 is 0.962. The number of benzene rings is 2. The SMILES string of the molecule is COC(=O)c1ccc([C@@H]2C(C#N)=C(SCC(=O)Nc3ccc(OC)cc3)NC(=O)[C@H]2C(=O)OC)cc1. The summed E-state index contributed by atoms with van der Waals surface area (Å²) in [7, 11) is 3.94. The summed E-state index contributed by atoms with van der Waals surface area (Å²) in [6.45, 7) is 0. The maximum Gasteiger partial charge on any atom is 0.337 e. The molecule has 1 aliphatic heterocycles. The van der Waals surface area contributed by atoms with Gasteiger partial charge in [0, 0.05) is 11.6 Å². The van der Waals surface area contributed by atoms with Crippen LogP contribution in [0.15, 0.2) is 59.1 Å². The Morgan fingerprint density at radius 2 is 1.69 bits per heavy atom. The first-order valence-electron chi connectivity index (χ1n) is 10.6. The number of methoxy groups -OCH3 is 3. The van der Waals surface area contributed by atoms with E-state index in [4.69, 9.17) is 14.2 Å². The number of rotatable bonds is 8. The number of nitriles is 1. The van der Waals surface area contributed by atoms with E-state index in [0.29, 0.717) is 17.0 Å². The number of ether oxygens (including phenoxy) is 3. The number of hydrogen-bond acceptors (Lipinski definition) is 9. The van der Waals surface area contributed by atoms with Crippen LogP contribution in [0.4, 0.5) is 5.69 Å². The first-order valence-corrected chi connectivity index (χ1v) is 11.6. The zero-order valence-corrected chi connectivity index (χ0v) is 20.5. The first kappa shape index (κ1) is 26.3. The first-order chi connectivity index (χ1) is 17.3. The maximum atomic E-state index is 12.9. The summed E-state index contributed by atoms with van der Waals surface area (Å²) in [4.78, 5) is 49.7. The number of nitrogens with one attached hydrogen (secondary N) is 2. The van der Waals surface area contributed by atoms with Gasteiger partial charge >= 0.3 is 11.9 Å². The van der Waals surface area contributed by atoms with Gasteiger partial charge in [0.1, 0.15) is 11.7 Å². The molecule has 186 valence electrons. The van der Waals surface area contributed by atoms with Crippen molar-refractivity contribution in [2.75, 3.05) is 32.4 Å². The normalized spacial score (nSPS) is 16.9. The van der Waals surface area contributed by atoms with Crippen molar-refractivity contribution in [3.8, 4) is 11.8 Å². The molecule has 2 N–H and O–H groups in total. The van der Waals surface area contributed by atoms with Gasteiger partial charge in [-0.2, -0.15) is 5.26 Å². The van der Waals surface area contributed by atoms with Crippen molar-refractivity contribution in [3.05, 3.63) is 70.3 Å². The molecule has 0 saturated carbocycles. The molecule has 1 aliphatic rings. The van der Waals surface area contributed by atoms with E-state index in [2.05, 4.69) is 16.7 Å². The van der Waals surface area contributed by atoms with Gasteiger partial charge in [-0.05, 0) is 42.0 Å². The van der Waals surface area contributed by atoms with Crippen molar-refractivity contribution in [3.63, 3.8) is 0 Å². The Kier molecular flexibility index (Phi) is 8.70. The number of carbonyl (C=O) groups excluding carboxylic acids is 4. The molecule has 2 aromatic carbocycles. The predicted octanol–water partition coefficient (Wildman–Crippen LogP) is 2.59. The molecular formula is C25H23N3O7S. The lowest BCUT2D eigenvalue weighted by atomic mass is 9.78. The van der Waals surface area contributed by atoms with E-state index in [1.54, 1.807) is 36.4 Å². The number of amides is 2. The van der Waals surface area contributed by atoms with Crippen LogP contribution < -0.4 is 15.4 Å². The van der Waals surface area contributed by atoms with Crippen molar-refractivity contribution < 1.29 is 33.4 Å². The van der Waals surface area contributed by atoms with Crippen molar-refractivity contribution in [2.45, 2.75) is 5.92 Å². The summed E-state index contributed by atoms with van der Waals surface area (Å²) < 4.78 is 14.6. The molecule has 0 aliphatic carbocycles. The minimum Gasteiger partial charge on any atom is -0.497 e. The summed E-state index contributed by atoms with van der Waals surface area (Å²) in [6, 6.07) is 14.9. The van der Waals surface area contributed by atoms with E-state index in [-0.39, 0.29) is 27.8 Å². The molecule has 2 atom stereocenters. The number of carbonyl (C=O) groups is 4. The Bertz CT molecular complexity index is 1230. The lowest BCUT2D eigenvalue weighted by molar-refractivity contribution is -0.150. The molecule has 3 rings (SSSR count). The number of allylic oxidation sites excluding steroid dienone is 1. The molecule has 0 unspecified atom stereocenters. The third-order valence-electron chi connectivity index (χ3n) is 5.40.